The van der Waals surface area contributed by atoms with Gasteiger partial charge in [-0.05, 0) is 12.1 Å². The first kappa shape index (κ1) is 12.7. The van der Waals surface area contributed by atoms with Crippen LogP contribution < -0.4 is 5.14 Å². The van der Waals surface area contributed by atoms with Crippen molar-refractivity contribution in [2.75, 3.05) is 6.61 Å². The summed E-state index contributed by atoms with van der Waals surface area (Å²) in [5, 5.41) is 4.72. The Kier molecular flexibility index (Phi) is 2.91. The molecule has 1 heterocycles. The average Bonchev–Trinajstić information content (AvgIpc) is 2.66. The highest BCUT2D eigenvalue weighted by atomic mass is 32.2. The number of halogens is 2. The predicted molar refractivity (Wildman–Crippen MR) is 56.7 cm³/mol. The summed E-state index contributed by atoms with van der Waals surface area (Å²) >= 11 is 0. The molecule has 1 aromatic carbocycles. The summed E-state index contributed by atoms with van der Waals surface area (Å²) in [6.45, 7) is -0.191. The Morgan fingerprint density at radius 1 is 1.22 bits per heavy atom. The molecule has 1 aromatic rings. The van der Waals surface area contributed by atoms with Crippen LogP contribution in [0.3, 0.4) is 0 Å². The van der Waals surface area contributed by atoms with E-state index >= 15 is 0 Å². The molecule has 18 heavy (non-hydrogen) atoms. The van der Waals surface area contributed by atoms with Gasteiger partial charge in [-0.1, -0.05) is 0 Å². The van der Waals surface area contributed by atoms with Crippen LogP contribution in [0.1, 0.15) is 5.56 Å². The number of carbonyl (C=O) groups excluding carboxylic acids is 1. The summed E-state index contributed by atoms with van der Waals surface area (Å²) < 4.78 is 53.6. The van der Waals surface area contributed by atoms with E-state index in [0.717, 1.165) is 6.08 Å². The summed E-state index contributed by atoms with van der Waals surface area (Å²) in [4.78, 5) is 9.88. The second-order valence-corrected chi connectivity index (χ2v) is 5.11. The Balaban J connectivity index is 2.57. The number of hydrogen-bond donors (Lipinski definition) is 1. The van der Waals surface area contributed by atoms with Gasteiger partial charge in [0.25, 0.3) is 0 Å². The van der Waals surface area contributed by atoms with E-state index < -0.39 is 32.5 Å². The van der Waals surface area contributed by atoms with Crippen LogP contribution in [0.25, 0.3) is 5.57 Å². The molecule has 0 saturated heterocycles. The van der Waals surface area contributed by atoms with Crippen LogP contribution in [0.2, 0.25) is 0 Å². The summed E-state index contributed by atoms with van der Waals surface area (Å²) in [7, 11) is -4.34. The zero-order valence-corrected chi connectivity index (χ0v) is 9.63. The van der Waals surface area contributed by atoms with Gasteiger partial charge in [0.05, 0.1) is 0 Å². The van der Waals surface area contributed by atoms with Crippen molar-refractivity contribution in [3.63, 3.8) is 0 Å². The van der Waals surface area contributed by atoms with Gasteiger partial charge in [-0.15, -0.1) is 0 Å². The smallest absolute Gasteiger partial charge is 0.331 e. The molecule has 0 unspecified atom stereocenters. The van der Waals surface area contributed by atoms with Crippen molar-refractivity contribution < 1.29 is 26.7 Å². The first-order valence-electron chi connectivity index (χ1n) is 4.68. The van der Waals surface area contributed by atoms with Crippen molar-refractivity contribution in [1.29, 1.82) is 0 Å². The quantitative estimate of drug-likeness (QED) is 0.799. The minimum absolute atomic E-state index is 0.136. The Hall–Kier alpha value is -1.80. The number of carbonyl (C=O) groups is 1. The van der Waals surface area contributed by atoms with Crippen LogP contribution in [-0.2, 0) is 19.6 Å². The minimum atomic E-state index is -4.34. The highest BCUT2D eigenvalue weighted by molar-refractivity contribution is 7.89. The summed E-state index contributed by atoms with van der Waals surface area (Å²) in [5.74, 6) is -2.85. The van der Waals surface area contributed by atoms with Gasteiger partial charge in [-0.2, -0.15) is 0 Å². The molecule has 1 aliphatic heterocycles. The topological polar surface area (TPSA) is 86.5 Å². The number of rotatable bonds is 2. The van der Waals surface area contributed by atoms with Gasteiger partial charge < -0.3 is 4.74 Å². The van der Waals surface area contributed by atoms with Gasteiger partial charge >= 0.3 is 5.97 Å². The van der Waals surface area contributed by atoms with Crippen molar-refractivity contribution in [1.82, 2.24) is 0 Å². The molecule has 0 atom stereocenters. The lowest BCUT2D eigenvalue weighted by Gasteiger charge is -2.06. The number of ether oxygens (including phenoxy) is 1. The fourth-order valence-electron chi connectivity index (χ4n) is 1.52. The number of cyclic esters (lactones) is 1. The molecule has 0 amide bonds. The normalized spacial score (nSPS) is 15.5. The van der Waals surface area contributed by atoms with E-state index in [1.54, 1.807) is 0 Å². The number of primary sulfonamides is 1. The van der Waals surface area contributed by atoms with E-state index in [-0.39, 0.29) is 17.7 Å². The third-order valence-electron chi connectivity index (χ3n) is 2.34. The summed E-state index contributed by atoms with van der Waals surface area (Å²) in [6.07, 6.45) is 1.01. The lowest BCUT2D eigenvalue weighted by Crippen LogP contribution is -2.15. The molecule has 0 radical (unpaired) electrons. The van der Waals surface area contributed by atoms with E-state index in [2.05, 4.69) is 4.74 Å². The molecule has 0 aromatic heterocycles. The first-order valence-corrected chi connectivity index (χ1v) is 6.23. The van der Waals surface area contributed by atoms with Crippen molar-refractivity contribution in [2.45, 2.75) is 4.90 Å². The van der Waals surface area contributed by atoms with Crippen molar-refractivity contribution in [3.05, 3.63) is 35.4 Å². The lowest BCUT2D eigenvalue weighted by molar-refractivity contribution is -0.134. The highest BCUT2D eigenvalue weighted by Gasteiger charge is 2.23. The van der Waals surface area contributed by atoms with Crippen LogP contribution in [0.15, 0.2) is 23.1 Å². The maximum atomic E-state index is 13.6. The molecule has 2 rings (SSSR count). The van der Waals surface area contributed by atoms with Gasteiger partial charge in [-0.25, -0.2) is 27.1 Å². The first-order chi connectivity index (χ1) is 8.29. The van der Waals surface area contributed by atoms with Crippen LogP contribution in [0, 0.1) is 11.6 Å². The van der Waals surface area contributed by atoms with E-state index in [0.29, 0.717) is 12.1 Å². The number of benzene rings is 1. The molecular weight excluding hydrogens is 268 g/mol. The van der Waals surface area contributed by atoms with Crippen LogP contribution >= 0.6 is 0 Å². The third-order valence-corrected chi connectivity index (χ3v) is 3.26. The summed E-state index contributed by atoms with van der Waals surface area (Å²) in [6, 6.07) is 1.15. The zero-order valence-electron chi connectivity index (χ0n) is 8.81. The fourth-order valence-corrected chi connectivity index (χ4v) is 2.12. The van der Waals surface area contributed by atoms with Gasteiger partial charge in [0.1, 0.15) is 23.1 Å². The Bertz CT molecular complexity index is 667. The second-order valence-electron chi connectivity index (χ2n) is 3.58. The van der Waals surface area contributed by atoms with Gasteiger partial charge in [0.15, 0.2) is 0 Å². The Morgan fingerprint density at radius 2 is 1.89 bits per heavy atom. The molecule has 2 N–H and O–H groups in total. The molecule has 8 heteroatoms. The molecule has 1 aliphatic rings. The molecule has 0 bridgehead atoms. The van der Waals surface area contributed by atoms with Crippen molar-refractivity contribution in [2.24, 2.45) is 5.14 Å². The average molecular weight is 275 g/mol. The minimum Gasteiger partial charge on any atom is -0.458 e. The Morgan fingerprint density at radius 3 is 2.39 bits per heavy atom. The number of nitrogens with two attached hydrogens (primary N) is 1. The molecule has 0 aliphatic carbocycles. The predicted octanol–water partition coefficient (Wildman–Crippen LogP) is 0.552. The highest BCUT2D eigenvalue weighted by Crippen LogP contribution is 2.26. The lowest BCUT2D eigenvalue weighted by atomic mass is 10.1. The van der Waals surface area contributed by atoms with E-state index in [9.17, 15) is 22.0 Å². The van der Waals surface area contributed by atoms with Crippen molar-refractivity contribution >= 4 is 21.6 Å². The standard InChI is InChI=1S/C10H7F2NO4S/c11-7-3-9(18(13,15)16)8(12)2-6(7)5-1-10(14)17-4-5/h1-3H,4H2,(H2,13,15,16). The van der Waals surface area contributed by atoms with Gasteiger partial charge in [-0.3, -0.25) is 0 Å². The second kappa shape index (κ2) is 4.14. The van der Waals surface area contributed by atoms with Crippen molar-refractivity contribution in [3.8, 4) is 0 Å². The maximum absolute atomic E-state index is 13.6. The molecule has 0 spiro atoms. The third kappa shape index (κ3) is 2.24. The number of sulfonamides is 1. The molecule has 5 nitrogen and oxygen atoms in total. The molecule has 96 valence electrons. The summed E-state index contributed by atoms with van der Waals surface area (Å²) in [5.41, 5.74) is -0.0943. The largest absolute Gasteiger partial charge is 0.458 e. The SMILES string of the molecule is NS(=O)(=O)c1cc(F)c(C2=CC(=O)OC2)cc1F. The Labute approximate surface area is 101 Å². The van der Waals surface area contributed by atoms with Gasteiger partial charge in [0.2, 0.25) is 10.0 Å². The number of esters is 1. The molecular formula is C10H7F2NO4S. The van der Waals surface area contributed by atoms with Gasteiger partial charge in [0, 0.05) is 17.2 Å². The fraction of sp³-hybridized carbons (Fsp3) is 0.100. The van der Waals surface area contributed by atoms with Crippen LogP contribution in [0.5, 0.6) is 0 Å². The maximum Gasteiger partial charge on any atom is 0.331 e. The van der Waals surface area contributed by atoms with Crippen LogP contribution in [-0.4, -0.2) is 21.0 Å². The molecule has 0 fully saturated rings. The van der Waals surface area contributed by atoms with Crippen LogP contribution in [0.4, 0.5) is 8.78 Å². The number of hydrogen-bond acceptors (Lipinski definition) is 4. The monoisotopic (exact) mass is 275 g/mol. The zero-order chi connectivity index (χ0) is 13.5. The molecule has 0 saturated carbocycles. The van der Waals surface area contributed by atoms with E-state index in [4.69, 9.17) is 5.14 Å². The van der Waals surface area contributed by atoms with E-state index in [1.807, 2.05) is 0 Å². The van der Waals surface area contributed by atoms with E-state index in [1.165, 1.54) is 0 Å².